The average Bonchev–Trinajstić information content (AvgIpc) is 2.42. The molecule has 124 valence electrons. The van der Waals surface area contributed by atoms with Crippen LogP contribution in [0.15, 0.2) is 24.3 Å². The molecule has 22 heavy (non-hydrogen) atoms. The van der Waals surface area contributed by atoms with Gasteiger partial charge in [-0.3, -0.25) is 4.90 Å². The Balaban J connectivity index is 1.70. The fourth-order valence-corrected chi connectivity index (χ4v) is 3.00. The molecule has 1 aromatic carbocycles. The highest BCUT2D eigenvalue weighted by Crippen LogP contribution is 2.24. The fraction of sp³-hybridized carbons (Fsp3) is 0.684. The summed E-state index contributed by atoms with van der Waals surface area (Å²) >= 11 is 0. The first kappa shape index (κ1) is 17.3. The van der Waals surface area contributed by atoms with E-state index in [9.17, 15) is 0 Å². The summed E-state index contributed by atoms with van der Waals surface area (Å²) in [6.45, 7) is 14.9. The molecule has 0 radical (unpaired) electrons. The number of morpholine rings is 1. The van der Waals surface area contributed by atoms with Crippen molar-refractivity contribution in [3.63, 3.8) is 0 Å². The van der Waals surface area contributed by atoms with Gasteiger partial charge < -0.3 is 9.47 Å². The number of hydrogen-bond donors (Lipinski definition) is 0. The van der Waals surface area contributed by atoms with E-state index in [4.69, 9.17) is 9.47 Å². The van der Waals surface area contributed by atoms with Crippen LogP contribution in [-0.2, 0) is 10.2 Å². The van der Waals surface area contributed by atoms with Crippen molar-refractivity contribution in [1.29, 1.82) is 0 Å². The summed E-state index contributed by atoms with van der Waals surface area (Å²) in [4.78, 5) is 2.48. The molecular weight excluding hydrogens is 274 g/mol. The smallest absolute Gasteiger partial charge is 0.119 e. The highest BCUT2D eigenvalue weighted by molar-refractivity contribution is 5.31. The molecule has 0 amide bonds. The van der Waals surface area contributed by atoms with Crippen LogP contribution in [0.4, 0.5) is 0 Å². The molecule has 0 unspecified atom stereocenters. The van der Waals surface area contributed by atoms with Gasteiger partial charge >= 0.3 is 0 Å². The predicted molar refractivity (Wildman–Crippen MR) is 91.7 cm³/mol. The summed E-state index contributed by atoms with van der Waals surface area (Å²) in [5, 5.41) is 0. The molecule has 3 nitrogen and oxygen atoms in total. The quantitative estimate of drug-likeness (QED) is 0.771. The van der Waals surface area contributed by atoms with Gasteiger partial charge in [-0.15, -0.1) is 0 Å². The molecule has 2 atom stereocenters. The van der Waals surface area contributed by atoms with Gasteiger partial charge in [-0.05, 0) is 43.4 Å². The third-order valence-electron chi connectivity index (χ3n) is 4.10. The van der Waals surface area contributed by atoms with Crippen molar-refractivity contribution < 1.29 is 9.47 Å². The van der Waals surface area contributed by atoms with Gasteiger partial charge in [0.1, 0.15) is 5.75 Å². The second-order valence-electron chi connectivity index (χ2n) is 7.49. The lowest BCUT2D eigenvalue weighted by Gasteiger charge is -2.35. The van der Waals surface area contributed by atoms with Crippen LogP contribution in [0.1, 0.15) is 46.6 Å². The zero-order valence-electron chi connectivity index (χ0n) is 14.8. The Morgan fingerprint density at radius 3 is 2.23 bits per heavy atom. The molecule has 1 aliphatic rings. The van der Waals surface area contributed by atoms with E-state index in [1.807, 2.05) is 0 Å². The summed E-state index contributed by atoms with van der Waals surface area (Å²) in [7, 11) is 0. The van der Waals surface area contributed by atoms with Crippen LogP contribution in [-0.4, -0.2) is 43.3 Å². The largest absolute Gasteiger partial charge is 0.494 e. The van der Waals surface area contributed by atoms with Gasteiger partial charge in [-0.25, -0.2) is 0 Å². The maximum atomic E-state index is 5.86. The zero-order chi connectivity index (χ0) is 16.2. The Kier molecular flexibility index (Phi) is 5.87. The minimum absolute atomic E-state index is 0.197. The zero-order valence-corrected chi connectivity index (χ0v) is 14.8. The van der Waals surface area contributed by atoms with Gasteiger partial charge in [0, 0.05) is 19.6 Å². The van der Waals surface area contributed by atoms with Crippen molar-refractivity contribution in [2.45, 2.75) is 58.7 Å². The second kappa shape index (κ2) is 7.47. The van der Waals surface area contributed by atoms with E-state index >= 15 is 0 Å². The Morgan fingerprint density at radius 2 is 1.68 bits per heavy atom. The standard InChI is InChI=1S/C19H31NO2/c1-15-13-20(14-16(2)22-15)11-6-12-21-18-9-7-17(8-10-18)19(3,4)5/h7-10,15-16H,6,11-14H2,1-5H3/t15-,16+. The summed E-state index contributed by atoms with van der Waals surface area (Å²) in [5.74, 6) is 0.969. The lowest BCUT2D eigenvalue weighted by atomic mass is 9.87. The molecule has 1 heterocycles. The van der Waals surface area contributed by atoms with E-state index in [0.29, 0.717) is 12.2 Å². The lowest BCUT2D eigenvalue weighted by molar-refractivity contribution is -0.0686. The van der Waals surface area contributed by atoms with Crippen LogP contribution >= 0.6 is 0 Å². The number of hydrogen-bond acceptors (Lipinski definition) is 3. The first-order chi connectivity index (χ1) is 10.3. The topological polar surface area (TPSA) is 21.7 Å². The van der Waals surface area contributed by atoms with Crippen molar-refractivity contribution in [3.8, 4) is 5.75 Å². The molecular formula is C19H31NO2. The molecule has 1 aliphatic heterocycles. The fourth-order valence-electron chi connectivity index (χ4n) is 3.00. The molecule has 1 aromatic rings. The van der Waals surface area contributed by atoms with Crippen LogP contribution in [0.25, 0.3) is 0 Å². The Hall–Kier alpha value is -1.06. The van der Waals surface area contributed by atoms with Crippen molar-refractivity contribution in [3.05, 3.63) is 29.8 Å². The minimum Gasteiger partial charge on any atom is -0.494 e. The van der Waals surface area contributed by atoms with Gasteiger partial charge in [-0.2, -0.15) is 0 Å². The normalized spacial score (nSPS) is 23.5. The highest BCUT2D eigenvalue weighted by atomic mass is 16.5. The maximum absolute atomic E-state index is 5.86. The average molecular weight is 305 g/mol. The molecule has 1 saturated heterocycles. The number of rotatable bonds is 5. The Morgan fingerprint density at radius 1 is 1.09 bits per heavy atom. The van der Waals surface area contributed by atoms with Crippen molar-refractivity contribution in [2.75, 3.05) is 26.2 Å². The number of nitrogens with zero attached hydrogens (tertiary/aromatic N) is 1. The van der Waals surface area contributed by atoms with Crippen LogP contribution in [0.2, 0.25) is 0 Å². The van der Waals surface area contributed by atoms with Gasteiger partial charge in [0.2, 0.25) is 0 Å². The summed E-state index contributed by atoms with van der Waals surface area (Å²) in [6, 6.07) is 8.50. The lowest BCUT2D eigenvalue weighted by Crippen LogP contribution is -2.45. The third kappa shape index (κ3) is 5.29. The molecule has 0 N–H and O–H groups in total. The Labute approximate surface area is 135 Å². The van der Waals surface area contributed by atoms with Gasteiger partial charge in [0.05, 0.1) is 18.8 Å². The Bertz CT molecular complexity index is 439. The van der Waals surface area contributed by atoms with Gasteiger partial charge in [0.25, 0.3) is 0 Å². The maximum Gasteiger partial charge on any atom is 0.119 e. The SMILES string of the molecule is C[C@@H]1CN(CCCOc2ccc(C(C)(C)C)cc2)C[C@H](C)O1. The molecule has 3 heteroatoms. The monoisotopic (exact) mass is 305 g/mol. The summed E-state index contributed by atoms with van der Waals surface area (Å²) in [6.07, 6.45) is 1.74. The van der Waals surface area contributed by atoms with E-state index in [0.717, 1.165) is 38.4 Å². The van der Waals surface area contributed by atoms with Crippen molar-refractivity contribution in [2.24, 2.45) is 0 Å². The molecule has 0 spiro atoms. The molecule has 1 fully saturated rings. The van der Waals surface area contributed by atoms with Crippen molar-refractivity contribution in [1.82, 2.24) is 4.90 Å². The minimum atomic E-state index is 0.197. The van der Waals surface area contributed by atoms with E-state index in [2.05, 4.69) is 63.8 Å². The number of ether oxygens (including phenoxy) is 2. The molecule has 0 bridgehead atoms. The first-order valence-corrected chi connectivity index (χ1v) is 8.46. The van der Waals surface area contributed by atoms with Gasteiger partial charge in [-0.1, -0.05) is 32.9 Å². The molecule has 0 aromatic heterocycles. The second-order valence-corrected chi connectivity index (χ2v) is 7.49. The summed E-state index contributed by atoms with van der Waals surface area (Å²) in [5.41, 5.74) is 1.54. The van der Waals surface area contributed by atoms with Gasteiger partial charge in [0.15, 0.2) is 0 Å². The predicted octanol–water partition coefficient (Wildman–Crippen LogP) is 3.86. The third-order valence-corrected chi connectivity index (χ3v) is 4.10. The van der Waals surface area contributed by atoms with Crippen LogP contribution in [0, 0.1) is 0 Å². The van der Waals surface area contributed by atoms with Crippen LogP contribution in [0.5, 0.6) is 5.75 Å². The molecule has 2 rings (SSSR count). The number of benzene rings is 1. The van der Waals surface area contributed by atoms with E-state index in [-0.39, 0.29) is 5.41 Å². The first-order valence-electron chi connectivity index (χ1n) is 8.46. The van der Waals surface area contributed by atoms with Crippen LogP contribution in [0.3, 0.4) is 0 Å². The summed E-state index contributed by atoms with van der Waals surface area (Å²) < 4.78 is 11.6. The van der Waals surface area contributed by atoms with Crippen LogP contribution < -0.4 is 4.74 Å². The van der Waals surface area contributed by atoms with E-state index in [1.165, 1.54) is 5.56 Å². The van der Waals surface area contributed by atoms with E-state index < -0.39 is 0 Å². The molecule has 0 saturated carbocycles. The van der Waals surface area contributed by atoms with E-state index in [1.54, 1.807) is 0 Å². The highest BCUT2D eigenvalue weighted by Gasteiger charge is 2.21. The van der Waals surface area contributed by atoms with Crippen molar-refractivity contribution >= 4 is 0 Å². The molecule has 0 aliphatic carbocycles.